The van der Waals surface area contributed by atoms with Crippen LogP contribution in [0.5, 0.6) is 0 Å². The van der Waals surface area contributed by atoms with Crippen molar-refractivity contribution in [3.8, 4) is 12.3 Å². The molecule has 0 radical (unpaired) electrons. The zero-order chi connectivity index (χ0) is 26.8. The third-order valence-electron chi connectivity index (χ3n) is 8.85. The number of fused-ring (bicyclic) bond motifs is 1. The number of allylic oxidation sites excluding steroid dienone is 4. The first kappa shape index (κ1) is 29.0. The van der Waals surface area contributed by atoms with Crippen LogP contribution in [0.4, 0.5) is 0 Å². The molecule has 0 bridgehead atoms. The fourth-order valence-corrected chi connectivity index (χ4v) is 5.97. The van der Waals surface area contributed by atoms with Gasteiger partial charge in [0.25, 0.3) is 0 Å². The minimum Gasteiger partial charge on any atom is -0.115 e. The van der Waals surface area contributed by atoms with Gasteiger partial charge in [0.15, 0.2) is 0 Å². The number of benzene rings is 2. The third kappa shape index (κ3) is 7.51. The molecular weight excluding hydrogens is 444 g/mol. The van der Waals surface area contributed by atoms with Gasteiger partial charge >= 0.3 is 0 Å². The minimum atomic E-state index is 0.356. The summed E-state index contributed by atoms with van der Waals surface area (Å²) < 4.78 is 0. The molecule has 0 N–H and O–H groups in total. The normalized spacial score (nSPS) is 21.8. The van der Waals surface area contributed by atoms with E-state index in [0.29, 0.717) is 17.3 Å². The van der Waals surface area contributed by atoms with Crippen LogP contribution in [0.1, 0.15) is 97.6 Å². The van der Waals surface area contributed by atoms with Gasteiger partial charge in [0.2, 0.25) is 0 Å². The number of rotatable bonds is 11. The van der Waals surface area contributed by atoms with Crippen molar-refractivity contribution in [2.24, 2.45) is 29.1 Å². The van der Waals surface area contributed by atoms with E-state index in [1.807, 2.05) is 0 Å². The van der Waals surface area contributed by atoms with Crippen molar-refractivity contribution in [1.29, 1.82) is 0 Å². The number of unbranched alkanes of at least 4 members (excludes halogenated alkanes) is 1. The second-order valence-electron chi connectivity index (χ2n) is 12.0. The maximum absolute atomic E-state index is 5.94. The first-order valence-corrected chi connectivity index (χ1v) is 14.9. The van der Waals surface area contributed by atoms with Crippen molar-refractivity contribution in [2.45, 2.75) is 92.9 Å². The van der Waals surface area contributed by atoms with E-state index >= 15 is 0 Å². The summed E-state index contributed by atoms with van der Waals surface area (Å²) in [6.07, 6.45) is 18.7. The highest BCUT2D eigenvalue weighted by Crippen LogP contribution is 2.67. The van der Waals surface area contributed by atoms with Gasteiger partial charge in [0, 0.05) is 5.57 Å². The summed E-state index contributed by atoms with van der Waals surface area (Å²) in [4.78, 5) is 0. The van der Waals surface area contributed by atoms with E-state index < -0.39 is 0 Å². The monoisotopic (exact) mass is 494 g/mol. The largest absolute Gasteiger partial charge is 0.115 e. The molecule has 3 unspecified atom stereocenters. The first-order valence-electron chi connectivity index (χ1n) is 14.9. The van der Waals surface area contributed by atoms with Gasteiger partial charge in [0.1, 0.15) is 0 Å². The molecule has 0 amide bonds. The minimum absolute atomic E-state index is 0.356. The van der Waals surface area contributed by atoms with E-state index in [1.54, 1.807) is 5.57 Å². The molecule has 4 atom stereocenters. The van der Waals surface area contributed by atoms with Gasteiger partial charge in [-0.3, -0.25) is 0 Å². The Bertz CT molecular complexity index is 1060. The molecule has 2 aliphatic carbocycles. The van der Waals surface area contributed by atoms with Crippen LogP contribution >= 0.6 is 0 Å². The zero-order valence-corrected chi connectivity index (χ0v) is 24.4. The van der Waals surface area contributed by atoms with Gasteiger partial charge in [0.05, 0.1) is 0 Å². The van der Waals surface area contributed by atoms with Crippen molar-refractivity contribution in [3.05, 3.63) is 89.0 Å². The van der Waals surface area contributed by atoms with Crippen molar-refractivity contribution in [3.63, 3.8) is 0 Å². The first-order chi connectivity index (χ1) is 17.9. The average molecular weight is 495 g/mol. The highest BCUT2D eigenvalue weighted by Gasteiger charge is 2.58. The molecule has 1 fully saturated rings. The molecule has 4 rings (SSSR count). The molecule has 0 nitrogen and oxygen atoms in total. The van der Waals surface area contributed by atoms with Gasteiger partial charge in [-0.05, 0) is 77.0 Å². The maximum atomic E-state index is 5.94. The quantitative estimate of drug-likeness (QED) is 0.272. The topological polar surface area (TPSA) is 0 Å². The molecule has 0 aliphatic heterocycles. The molecule has 0 saturated heterocycles. The Kier molecular flexibility index (Phi) is 10.9. The second-order valence-corrected chi connectivity index (χ2v) is 12.0. The molecule has 2 aliphatic rings. The molecule has 1 saturated carbocycles. The smallest absolute Gasteiger partial charge is 0.0313 e. The highest BCUT2D eigenvalue weighted by atomic mass is 14.6. The predicted molar refractivity (Wildman–Crippen MR) is 163 cm³/mol. The Labute approximate surface area is 228 Å². The van der Waals surface area contributed by atoms with Gasteiger partial charge < -0.3 is 0 Å². The number of terminal acetylenes is 1. The molecule has 198 valence electrons. The fourth-order valence-electron chi connectivity index (χ4n) is 5.97. The van der Waals surface area contributed by atoms with Gasteiger partial charge in [-0.1, -0.05) is 140 Å². The van der Waals surface area contributed by atoms with E-state index in [1.165, 1.54) is 73.6 Å². The Balaban J connectivity index is 0.000000222. The van der Waals surface area contributed by atoms with Crippen LogP contribution in [0.15, 0.2) is 77.9 Å². The third-order valence-corrected chi connectivity index (χ3v) is 8.85. The molecule has 2 aromatic rings. The zero-order valence-electron chi connectivity index (χ0n) is 24.4. The summed E-state index contributed by atoms with van der Waals surface area (Å²) in [6, 6.07) is 21.5. The van der Waals surface area contributed by atoms with E-state index in [9.17, 15) is 0 Å². The van der Waals surface area contributed by atoms with E-state index in [2.05, 4.69) is 114 Å². The number of hydrogen-bond acceptors (Lipinski definition) is 0. The molecule has 2 aromatic carbocycles. The molecule has 37 heavy (non-hydrogen) atoms. The fraction of sp³-hybridized carbons (Fsp3) is 0.514. The summed E-state index contributed by atoms with van der Waals surface area (Å²) >= 11 is 0. The Morgan fingerprint density at radius 1 is 0.892 bits per heavy atom. The molecule has 0 heteroatoms. The lowest BCUT2D eigenvalue weighted by Crippen LogP contribution is -2.16. The van der Waals surface area contributed by atoms with Gasteiger partial charge in [-0.2, -0.15) is 0 Å². The van der Waals surface area contributed by atoms with Crippen LogP contribution < -0.4 is 0 Å². The van der Waals surface area contributed by atoms with Gasteiger partial charge in [-0.15, -0.1) is 6.42 Å². The van der Waals surface area contributed by atoms with Gasteiger partial charge in [-0.25, -0.2) is 0 Å². The lowest BCUT2D eigenvalue weighted by Gasteiger charge is -2.27. The predicted octanol–water partition coefficient (Wildman–Crippen LogP) is 10.6. The molecule has 0 heterocycles. The van der Waals surface area contributed by atoms with Crippen molar-refractivity contribution in [2.75, 3.05) is 0 Å². The lowest BCUT2D eigenvalue weighted by molar-refractivity contribution is 0.415. The van der Waals surface area contributed by atoms with Crippen molar-refractivity contribution >= 4 is 5.57 Å². The summed E-state index contributed by atoms with van der Waals surface area (Å²) in [7, 11) is 0. The van der Waals surface area contributed by atoms with Crippen LogP contribution in [0.3, 0.4) is 0 Å². The molecular formula is C37H50. The molecule has 0 spiro atoms. The number of hydrogen-bond donors (Lipinski definition) is 0. The average Bonchev–Trinajstić information content (AvgIpc) is 3.67. The molecule has 0 aromatic heterocycles. The van der Waals surface area contributed by atoms with E-state index in [-0.39, 0.29) is 0 Å². The summed E-state index contributed by atoms with van der Waals surface area (Å²) in [5.41, 5.74) is 7.15. The van der Waals surface area contributed by atoms with Crippen LogP contribution in [0.2, 0.25) is 0 Å². The Morgan fingerprint density at radius 2 is 1.51 bits per heavy atom. The second kappa shape index (κ2) is 13.9. The Hall–Kier alpha value is -2.52. The summed E-state index contributed by atoms with van der Waals surface area (Å²) in [5.74, 6) is 6.11. The summed E-state index contributed by atoms with van der Waals surface area (Å²) in [5, 5.41) is 0. The summed E-state index contributed by atoms with van der Waals surface area (Å²) in [6.45, 7) is 14.0. The standard InChI is InChI=1S/C22H26.C15H24/c1-5-7-13-19-18(6-2)20(17-11-9-8-10-12-17)14-22(16(3)4)15-21(19)22;1-4-13(2)10-11-14(3)12-15-8-6-5-7-9-15/h2,8-12,14,16,21H,5,7,13,15H2,1,3-4H3;5-9,13-14H,4,10-12H2,1-3H3/t;13-,14?/m.1/s1. The van der Waals surface area contributed by atoms with Crippen LogP contribution in [0, 0.1) is 41.4 Å². The maximum Gasteiger partial charge on any atom is 0.0313 e. The van der Waals surface area contributed by atoms with E-state index in [0.717, 1.165) is 11.8 Å². The van der Waals surface area contributed by atoms with Crippen LogP contribution in [-0.2, 0) is 6.42 Å². The van der Waals surface area contributed by atoms with Crippen molar-refractivity contribution < 1.29 is 0 Å². The highest BCUT2D eigenvalue weighted by molar-refractivity contribution is 5.87. The lowest BCUT2D eigenvalue weighted by atomic mass is 9.76. The Morgan fingerprint density at radius 3 is 2.08 bits per heavy atom. The van der Waals surface area contributed by atoms with Crippen LogP contribution in [0.25, 0.3) is 5.57 Å². The SMILES string of the molecule is C#CC1=C(CCCC)C2CC2(C(C)C)C=C1c1ccccc1.CC[C@@H](C)CCC(C)Cc1ccccc1. The van der Waals surface area contributed by atoms with E-state index in [4.69, 9.17) is 6.42 Å². The van der Waals surface area contributed by atoms with Crippen LogP contribution in [-0.4, -0.2) is 0 Å². The van der Waals surface area contributed by atoms with Crippen molar-refractivity contribution in [1.82, 2.24) is 0 Å².